The Morgan fingerprint density at radius 1 is 0.967 bits per heavy atom. The lowest BCUT2D eigenvalue weighted by atomic mass is 9.96. The van der Waals surface area contributed by atoms with Gasteiger partial charge >= 0.3 is 0 Å². The van der Waals surface area contributed by atoms with Crippen LogP contribution < -0.4 is 5.32 Å². The Labute approximate surface area is 176 Å². The number of H-pyrrole nitrogens is 1. The molecular formula is C25H24N4O. The molecule has 0 aliphatic rings. The number of carbonyl (C=O) groups is 1. The van der Waals surface area contributed by atoms with E-state index in [-0.39, 0.29) is 5.91 Å². The van der Waals surface area contributed by atoms with Crippen molar-refractivity contribution in [3.63, 3.8) is 0 Å². The molecule has 0 fully saturated rings. The molecule has 0 aliphatic carbocycles. The second-order valence-corrected chi connectivity index (χ2v) is 7.02. The minimum Gasteiger partial charge on any atom is -0.352 e. The Kier molecular flexibility index (Phi) is 5.99. The molecule has 30 heavy (non-hydrogen) atoms. The van der Waals surface area contributed by atoms with E-state index in [2.05, 4.69) is 39.6 Å². The fourth-order valence-corrected chi connectivity index (χ4v) is 3.61. The highest BCUT2D eigenvalue weighted by atomic mass is 16.1. The van der Waals surface area contributed by atoms with Gasteiger partial charge in [-0.25, -0.2) is 0 Å². The lowest BCUT2D eigenvalue weighted by Crippen LogP contribution is -2.26. The number of hydrogen-bond donors (Lipinski definition) is 2. The summed E-state index contributed by atoms with van der Waals surface area (Å²) >= 11 is 0. The predicted molar refractivity (Wildman–Crippen MR) is 119 cm³/mol. The number of benzene rings is 2. The maximum absolute atomic E-state index is 12.9. The molecule has 2 aromatic heterocycles. The van der Waals surface area contributed by atoms with E-state index < -0.39 is 0 Å². The van der Waals surface area contributed by atoms with Crippen molar-refractivity contribution in [2.75, 3.05) is 6.54 Å². The lowest BCUT2D eigenvalue weighted by molar-refractivity contribution is 0.0954. The highest BCUT2D eigenvalue weighted by Crippen LogP contribution is 2.32. The first-order valence-corrected chi connectivity index (χ1v) is 10.2. The summed E-state index contributed by atoms with van der Waals surface area (Å²) < 4.78 is 0. The Bertz CT molecular complexity index is 1120. The molecule has 4 aromatic rings. The first-order valence-electron chi connectivity index (χ1n) is 10.2. The molecule has 1 amide bonds. The molecule has 0 spiro atoms. The number of amides is 1. The molecule has 0 aliphatic heterocycles. The van der Waals surface area contributed by atoms with E-state index in [1.807, 2.05) is 60.7 Å². The first-order chi connectivity index (χ1) is 14.8. The molecule has 150 valence electrons. The third kappa shape index (κ3) is 4.15. The zero-order valence-corrected chi connectivity index (χ0v) is 16.9. The standard InChI is InChI=1S/C25H24N4O/c1-2-20-23(18-10-4-3-5-11-18)28-29-24(20)21-13-6-7-14-22(21)25(30)27-17-15-19-12-8-9-16-26-19/h3-14,16H,2,15,17H2,1H3,(H,27,30)(H,28,29). The summed E-state index contributed by atoms with van der Waals surface area (Å²) in [5.41, 5.74) is 6.44. The third-order valence-electron chi connectivity index (χ3n) is 5.10. The normalized spacial score (nSPS) is 10.7. The van der Waals surface area contributed by atoms with E-state index >= 15 is 0 Å². The summed E-state index contributed by atoms with van der Waals surface area (Å²) in [5.74, 6) is -0.104. The number of aromatic amines is 1. The Hall–Kier alpha value is -3.73. The molecule has 0 unspecified atom stereocenters. The number of nitrogens with one attached hydrogen (secondary N) is 2. The van der Waals surface area contributed by atoms with Crippen molar-refractivity contribution in [2.24, 2.45) is 0 Å². The smallest absolute Gasteiger partial charge is 0.251 e. The minimum absolute atomic E-state index is 0.104. The average Bonchev–Trinajstić information content (AvgIpc) is 3.24. The van der Waals surface area contributed by atoms with Gasteiger partial charge < -0.3 is 5.32 Å². The van der Waals surface area contributed by atoms with Gasteiger partial charge in [0.25, 0.3) is 5.91 Å². The maximum atomic E-state index is 12.9. The van der Waals surface area contributed by atoms with Crippen LogP contribution in [-0.2, 0) is 12.8 Å². The number of rotatable bonds is 7. The van der Waals surface area contributed by atoms with Gasteiger partial charge in [-0.3, -0.25) is 14.9 Å². The molecule has 5 nitrogen and oxygen atoms in total. The second-order valence-electron chi connectivity index (χ2n) is 7.02. The van der Waals surface area contributed by atoms with Crippen molar-refractivity contribution in [1.29, 1.82) is 0 Å². The van der Waals surface area contributed by atoms with E-state index in [9.17, 15) is 4.79 Å². The zero-order chi connectivity index (χ0) is 20.8. The quantitative estimate of drug-likeness (QED) is 0.477. The number of carbonyl (C=O) groups excluding carboxylic acids is 1. The molecule has 2 aromatic carbocycles. The van der Waals surface area contributed by atoms with Crippen LogP contribution in [-0.4, -0.2) is 27.6 Å². The number of hydrogen-bond acceptors (Lipinski definition) is 3. The fourth-order valence-electron chi connectivity index (χ4n) is 3.61. The zero-order valence-electron chi connectivity index (χ0n) is 16.9. The number of nitrogens with zero attached hydrogens (tertiary/aromatic N) is 2. The van der Waals surface area contributed by atoms with Crippen molar-refractivity contribution >= 4 is 5.91 Å². The third-order valence-corrected chi connectivity index (χ3v) is 5.10. The van der Waals surface area contributed by atoms with E-state index in [0.29, 0.717) is 18.5 Å². The Balaban J connectivity index is 1.59. The van der Waals surface area contributed by atoms with Crippen molar-refractivity contribution in [1.82, 2.24) is 20.5 Å². The summed E-state index contributed by atoms with van der Waals surface area (Å²) in [5, 5.41) is 10.8. The molecule has 2 heterocycles. The molecule has 0 atom stereocenters. The molecule has 0 saturated carbocycles. The Morgan fingerprint density at radius 2 is 1.73 bits per heavy atom. The van der Waals surface area contributed by atoms with Gasteiger partial charge in [0, 0.05) is 41.5 Å². The second kappa shape index (κ2) is 9.18. The minimum atomic E-state index is -0.104. The van der Waals surface area contributed by atoms with Crippen LogP contribution in [0.3, 0.4) is 0 Å². The number of aromatic nitrogens is 3. The van der Waals surface area contributed by atoms with Gasteiger partial charge in [0.05, 0.1) is 11.4 Å². The summed E-state index contributed by atoms with van der Waals surface area (Å²) in [7, 11) is 0. The molecular weight excluding hydrogens is 372 g/mol. The Morgan fingerprint density at radius 3 is 2.50 bits per heavy atom. The van der Waals surface area contributed by atoms with Gasteiger partial charge in [-0.1, -0.05) is 61.5 Å². The lowest BCUT2D eigenvalue weighted by Gasteiger charge is -2.10. The average molecular weight is 396 g/mol. The van der Waals surface area contributed by atoms with Gasteiger partial charge in [0.1, 0.15) is 0 Å². The van der Waals surface area contributed by atoms with Crippen LogP contribution in [0.5, 0.6) is 0 Å². The number of pyridine rings is 1. The maximum Gasteiger partial charge on any atom is 0.251 e. The monoisotopic (exact) mass is 396 g/mol. The van der Waals surface area contributed by atoms with Gasteiger partial charge in [-0.15, -0.1) is 0 Å². The van der Waals surface area contributed by atoms with E-state index in [1.54, 1.807) is 6.20 Å². The van der Waals surface area contributed by atoms with Crippen LogP contribution in [0.25, 0.3) is 22.5 Å². The predicted octanol–water partition coefficient (Wildman–Crippen LogP) is 4.67. The van der Waals surface area contributed by atoms with Gasteiger partial charge in [0.2, 0.25) is 0 Å². The molecule has 0 bridgehead atoms. The van der Waals surface area contributed by atoms with E-state index in [0.717, 1.165) is 40.2 Å². The molecule has 0 radical (unpaired) electrons. The topological polar surface area (TPSA) is 70.7 Å². The summed E-state index contributed by atoms with van der Waals surface area (Å²) in [6, 6.07) is 23.6. The molecule has 2 N–H and O–H groups in total. The summed E-state index contributed by atoms with van der Waals surface area (Å²) in [6.07, 6.45) is 3.27. The SMILES string of the molecule is CCc1c(-c2ccccc2C(=O)NCCc2ccccn2)n[nH]c1-c1ccccc1. The van der Waals surface area contributed by atoms with Crippen LogP contribution in [0, 0.1) is 0 Å². The largest absolute Gasteiger partial charge is 0.352 e. The molecule has 5 heteroatoms. The summed E-state index contributed by atoms with van der Waals surface area (Å²) in [4.78, 5) is 17.2. The first kappa shape index (κ1) is 19.6. The highest BCUT2D eigenvalue weighted by Gasteiger charge is 2.19. The van der Waals surface area contributed by atoms with Crippen molar-refractivity contribution < 1.29 is 4.79 Å². The van der Waals surface area contributed by atoms with Crippen LogP contribution in [0.1, 0.15) is 28.5 Å². The van der Waals surface area contributed by atoms with Crippen LogP contribution >= 0.6 is 0 Å². The van der Waals surface area contributed by atoms with Crippen molar-refractivity contribution in [2.45, 2.75) is 19.8 Å². The molecule has 4 rings (SSSR count). The van der Waals surface area contributed by atoms with Gasteiger partial charge in [0.15, 0.2) is 0 Å². The van der Waals surface area contributed by atoms with Crippen LogP contribution in [0.2, 0.25) is 0 Å². The highest BCUT2D eigenvalue weighted by molar-refractivity contribution is 6.01. The van der Waals surface area contributed by atoms with E-state index in [1.165, 1.54) is 0 Å². The van der Waals surface area contributed by atoms with E-state index in [4.69, 9.17) is 0 Å². The van der Waals surface area contributed by atoms with Crippen LogP contribution in [0.15, 0.2) is 79.0 Å². The van der Waals surface area contributed by atoms with Crippen molar-refractivity contribution in [3.8, 4) is 22.5 Å². The fraction of sp³-hybridized carbons (Fsp3) is 0.160. The van der Waals surface area contributed by atoms with Crippen LogP contribution in [0.4, 0.5) is 0 Å². The van der Waals surface area contributed by atoms with Gasteiger partial charge in [-0.2, -0.15) is 5.10 Å². The molecule has 0 saturated heterocycles. The summed E-state index contributed by atoms with van der Waals surface area (Å²) in [6.45, 7) is 2.64. The van der Waals surface area contributed by atoms with Crippen molar-refractivity contribution in [3.05, 3.63) is 95.8 Å². The van der Waals surface area contributed by atoms with Gasteiger partial charge in [-0.05, 0) is 30.2 Å².